The minimum atomic E-state index is -0.173. The van der Waals surface area contributed by atoms with Crippen LogP contribution in [0, 0.1) is 0 Å². The summed E-state index contributed by atoms with van der Waals surface area (Å²) in [4.78, 5) is 34.7. The average molecular weight is 356 g/mol. The molecule has 4 heterocycles. The quantitative estimate of drug-likeness (QED) is 0.742. The zero-order valence-electron chi connectivity index (χ0n) is 13.3. The Labute approximate surface area is 146 Å². The SMILES string of the molecule is O=C(c1cn[nH]n1)N1CCC[C@@H](c2nc(-c3cccs3)cc(=O)[nH]2)C1. The summed E-state index contributed by atoms with van der Waals surface area (Å²) >= 11 is 1.55. The van der Waals surface area contributed by atoms with Gasteiger partial charge in [-0.15, -0.1) is 11.3 Å². The standard InChI is InChI=1S/C16H16N6O2S/c23-14-7-11(13-4-2-6-25-13)18-15(19-14)10-3-1-5-22(9-10)16(24)12-8-17-21-20-12/h2,4,6-8,10H,1,3,5,9H2,(H,17,20,21)(H,18,19,23)/t10-/m1/s1. The van der Waals surface area contributed by atoms with E-state index in [1.54, 1.807) is 16.2 Å². The van der Waals surface area contributed by atoms with Crippen molar-refractivity contribution in [2.75, 3.05) is 13.1 Å². The first-order valence-electron chi connectivity index (χ1n) is 8.01. The molecule has 25 heavy (non-hydrogen) atoms. The smallest absolute Gasteiger partial charge is 0.276 e. The third kappa shape index (κ3) is 3.22. The van der Waals surface area contributed by atoms with Gasteiger partial charge in [0.15, 0.2) is 5.69 Å². The molecule has 0 unspecified atom stereocenters. The van der Waals surface area contributed by atoms with Crippen LogP contribution in [0.25, 0.3) is 10.6 Å². The fourth-order valence-corrected chi connectivity index (χ4v) is 3.76. The Morgan fingerprint density at radius 1 is 1.40 bits per heavy atom. The lowest BCUT2D eigenvalue weighted by atomic mass is 9.96. The number of H-pyrrole nitrogens is 2. The first-order valence-corrected chi connectivity index (χ1v) is 8.89. The number of carbonyl (C=O) groups is 1. The highest BCUT2D eigenvalue weighted by atomic mass is 32.1. The highest BCUT2D eigenvalue weighted by molar-refractivity contribution is 7.13. The van der Waals surface area contributed by atoms with Gasteiger partial charge in [0.25, 0.3) is 11.5 Å². The van der Waals surface area contributed by atoms with Crippen LogP contribution in [-0.4, -0.2) is 49.3 Å². The van der Waals surface area contributed by atoms with E-state index < -0.39 is 0 Å². The van der Waals surface area contributed by atoms with Crippen molar-refractivity contribution < 1.29 is 4.79 Å². The molecule has 0 saturated carbocycles. The molecule has 8 nitrogen and oxygen atoms in total. The predicted molar refractivity (Wildman–Crippen MR) is 92.4 cm³/mol. The van der Waals surface area contributed by atoms with Crippen molar-refractivity contribution in [3.63, 3.8) is 0 Å². The number of hydrogen-bond acceptors (Lipinski definition) is 6. The molecular formula is C16H16N6O2S. The second-order valence-corrected chi connectivity index (χ2v) is 6.89. The fraction of sp³-hybridized carbons (Fsp3) is 0.312. The van der Waals surface area contributed by atoms with Gasteiger partial charge in [0.05, 0.1) is 16.8 Å². The van der Waals surface area contributed by atoms with Gasteiger partial charge >= 0.3 is 0 Å². The van der Waals surface area contributed by atoms with E-state index in [1.165, 1.54) is 12.3 Å². The third-order valence-corrected chi connectivity index (χ3v) is 5.16. The highest BCUT2D eigenvalue weighted by Crippen LogP contribution is 2.27. The van der Waals surface area contributed by atoms with Gasteiger partial charge in [-0.1, -0.05) is 6.07 Å². The highest BCUT2D eigenvalue weighted by Gasteiger charge is 2.28. The van der Waals surface area contributed by atoms with Crippen molar-refractivity contribution in [1.82, 2.24) is 30.3 Å². The predicted octanol–water partition coefficient (Wildman–Crippen LogP) is 1.64. The van der Waals surface area contributed by atoms with Crippen molar-refractivity contribution in [3.8, 4) is 10.6 Å². The van der Waals surface area contributed by atoms with Gasteiger partial charge in [-0.25, -0.2) is 4.98 Å². The van der Waals surface area contributed by atoms with Crippen LogP contribution < -0.4 is 5.56 Å². The second-order valence-electron chi connectivity index (χ2n) is 5.94. The Morgan fingerprint density at radius 3 is 3.08 bits per heavy atom. The first-order chi connectivity index (χ1) is 12.2. The molecule has 0 spiro atoms. The summed E-state index contributed by atoms with van der Waals surface area (Å²) in [5.74, 6) is 0.473. The number of nitrogens with zero attached hydrogens (tertiary/aromatic N) is 4. The first kappa shape index (κ1) is 15.7. The van der Waals surface area contributed by atoms with Crippen LogP contribution in [0.1, 0.15) is 35.1 Å². The normalized spacial score (nSPS) is 17.6. The zero-order valence-corrected chi connectivity index (χ0v) is 14.1. The number of hydrogen-bond donors (Lipinski definition) is 2. The van der Waals surface area contributed by atoms with Gasteiger partial charge in [-0.3, -0.25) is 9.59 Å². The summed E-state index contributed by atoms with van der Waals surface area (Å²) in [6.07, 6.45) is 3.14. The van der Waals surface area contributed by atoms with Crippen LogP contribution in [0.2, 0.25) is 0 Å². The van der Waals surface area contributed by atoms with Gasteiger partial charge in [-0.05, 0) is 24.3 Å². The molecule has 3 aromatic rings. The van der Waals surface area contributed by atoms with Gasteiger partial charge in [0.1, 0.15) is 5.82 Å². The summed E-state index contributed by atoms with van der Waals surface area (Å²) in [7, 11) is 0. The van der Waals surface area contributed by atoms with Gasteiger partial charge in [0, 0.05) is 25.1 Å². The van der Waals surface area contributed by atoms with Crippen LogP contribution in [0.4, 0.5) is 0 Å². The number of likely N-dealkylation sites (tertiary alicyclic amines) is 1. The summed E-state index contributed by atoms with van der Waals surface area (Å²) in [5.41, 5.74) is 0.802. The summed E-state index contributed by atoms with van der Waals surface area (Å²) < 4.78 is 0. The number of nitrogens with one attached hydrogen (secondary N) is 2. The number of amides is 1. The summed E-state index contributed by atoms with van der Waals surface area (Å²) in [6.45, 7) is 1.17. The van der Waals surface area contributed by atoms with E-state index in [0.717, 1.165) is 17.7 Å². The molecule has 0 radical (unpaired) electrons. The van der Waals surface area contributed by atoms with Crippen molar-refractivity contribution in [3.05, 3.63) is 51.6 Å². The molecular weight excluding hydrogens is 340 g/mol. The molecule has 0 aliphatic carbocycles. The van der Waals surface area contributed by atoms with Crippen molar-refractivity contribution in [1.29, 1.82) is 0 Å². The van der Waals surface area contributed by atoms with Crippen LogP contribution in [0.15, 0.2) is 34.6 Å². The number of rotatable bonds is 3. The molecule has 4 rings (SSSR count). The monoisotopic (exact) mass is 356 g/mol. The minimum Gasteiger partial charge on any atom is -0.336 e. The Kier molecular flexibility index (Phi) is 4.14. The van der Waals surface area contributed by atoms with Crippen LogP contribution >= 0.6 is 11.3 Å². The molecule has 1 aliphatic rings. The van der Waals surface area contributed by atoms with Crippen LogP contribution in [0.3, 0.4) is 0 Å². The van der Waals surface area contributed by atoms with Gasteiger partial charge < -0.3 is 9.88 Å². The molecule has 0 aromatic carbocycles. The van der Waals surface area contributed by atoms with E-state index in [1.807, 2.05) is 17.5 Å². The molecule has 3 aromatic heterocycles. The maximum atomic E-state index is 12.5. The Bertz CT molecular complexity index is 919. The maximum Gasteiger partial charge on any atom is 0.276 e. The van der Waals surface area contributed by atoms with Gasteiger partial charge in [0.2, 0.25) is 0 Å². The summed E-state index contributed by atoms with van der Waals surface area (Å²) in [5, 5.41) is 11.9. The van der Waals surface area contributed by atoms with Gasteiger partial charge in [-0.2, -0.15) is 15.4 Å². The number of piperidine rings is 1. The molecule has 1 amide bonds. The summed E-state index contributed by atoms with van der Waals surface area (Å²) in [6, 6.07) is 5.38. The zero-order chi connectivity index (χ0) is 17.2. The topological polar surface area (TPSA) is 108 Å². The Hall–Kier alpha value is -2.81. The molecule has 0 bridgehead atoms. The number of aromatic amines is 2. The lowest BCUT2D eigenvalue weighted by Crippen LogP contribution is -2.40. The molecule has 1 aliphatic heterocycles. The largest absolute Gasteiger partial charge is 0.336 e. The van der Waals surface area contributed by atoms with E-state index in [9.17, 15) is 9.59 Å². The Balaban J connectivity index is 1.59. The fourth-order valence-electron chi connectivity index (χ4n) is 3.07. The molecule has 128 valence electrons. The van der Waals surface area contributed by atoms with E-state index in [-0.39, 0.29) is 17.4 Å². The molecule has 1 atom stereocenters. The van der Waals surface area contributed by atoms with Crippen molar-refractivity contribution in [2.24, 2.45) is 0 Å². The molecule has 9 heteroatoms. The number of carbonyl (C=O) groups excluding carboxylic acids is 1. The maximum absolute atomic E-state index is 12.5. The average Bonchev–Trinajstić information content (AvgIpc) is 3.34. The van der Waals surface area contributed by atoms with Crippen molar-refractivity contribution >= 4 is 17.2 Å². The minimum absolute atomic E-state index is 0.00258. The van der Waals surface area contributed by atoms with E-state index in [4.69, 9.17) is 0 Å². The van der Waals surface area contributed by atoms with Crippen molar-refractivity contribution in [2.45, 2.75) is 18.8 Å². The lowest BCUT2D eigenvalue weighted by molar-refractivity contribution is 0.0698. The Morgan fingerprint density at radius 2 is 2.32 bits per heavy atom. The van der Waals surface area contributed by atoms with E-state index in [2.05, 4.69) is 25.4 Å². The van der Waals surface area contributed by atoms with E-state index >= 15 is 0 Å². The third-order valence-electron chi connectivity index (χ3n) is 4.26. The molecule has 1 saturated heterocycles. The van der Waals surface area contributed by atoms with Crippen LogP contribution in [0.5, 0.6) is 0 Å². The number of thiophene rings is 1. The van der Waals surface area contributed by atoms with Crippen LogP contribution in [-0.2, 0) is 0 Å². The molecule has 1 fully saturated rings. The number of aromatic nitrogens is 5. The molecule has 2 N–H and O–H groups in total. The lowest BCUT2D eigenvalue weighted by Gasteiger charge is -2.31. The van der Waals surface area contributed by atoms with E-state index in [0.29, 0.717) is 30.3 Å². The second kappa shape index (κ2) is 6.60.